The molecule has 2 fully saturated rings. The first-order valence-corrected chi connectivity index (χ1v) is 7.12. The van der Waals surface area contributed by atoms with E-state index in [1.807, 2.05) is 0 Å². The Bertz CT molecular complexity index is 265. The highest BCUT2D eigenvalue weighted by molar-refractivity contribution is 5.78. The third-order valence-corrected chi connectivity index (χ3v) is 4.66. The lowest BCUT2D eigenvalue weighted by atomic mass is 9.92. The Morgan fingerprint density at radius 2 is 1.94 bits per heavy atom. The zero-order chi connectivity index (χ0) is 12.3. The number of carbonyl (C=O) groups excluding carboxylic acids is 1. The molecule has 2 aliphatic rings. The summed E-state index contributed by atoms with van der Waals surface area (Å²) in [7, 11) is 0. The third kappa shape index (κ3) is 3.44. The van der Waals surface area contributed by atoms with Gasteiger partial charge >= 0.3 is 0 Å². The Kier molecular flexibility index (Phi) is 4.08. The second-order valence-electron chi connectivity index (χ2n) is 6.16. The fourth-order valence-electron chi connectivity index (χ4n) is 2.82. The first-order chi connectivity index (χ1) is 8.12. The lowest BCUT2D eigenvalue weighted by Gasteiger charge is -2.20. The maximum Gasteiger partial charge on any atom is 0.233 e. The Labute approximate surface area is 105 Å². The maximum absolute atomic E-state index is 11.7. The smallest absolute Gasteiger partial charge is 0.233 e. The van der Waals surface area contributed by atoms with Gasteiger partial charge in [0.2, 0.25) is 5.91 Å². The van der Waals surface area contributed by atoms with Crippen LogP contribution in [0.5, 0.6) is 0 Å². The van der Waals surface area contributed by atoms with Crippen molar-refractivity contribution in [3.8, 4) is 0 Å². The van der Waals surface area contributed by atoms with E-state index >= 15 is 0 Å². The summed E-state index contributed by atoms with van der Waals surface area (Å²) >= 11 is 0. The molecule has 2 aliphatic carbocycles. The highest BCUT2D eigenvalue weighted by Gasteiger charge is 2.45. The highest BCUT2D eigenvalue weighted by atomic mass is 16.1. The first kappa shape index (κ1) is 12.9. The molecule has 3 heteroatoms. The molecule has 17 heavy (non-hydrogen) atoms. The summed E-state index contributed by atoms with van der Waals surface area (Å²) in [6.07, 6.45) is 7.67. The van der Waals surface area contributed by atoms with E-state index in [1.165, 1.54) is 38.5 Å². The van der Waals surface area contributed by atoms with Gasteiger partial charge in [-0.15, -0.1) is 0 Å². The molecule has 98 valence electrons. The first-order valence-electron chi connectivity index (χ1n) is 7.12. The Hall–Kier alpha value is -0.570. The zero-order valence-electron chi connectivity index (χ0n) is 11.2. The topological polar surface area (TPSA) is 41.1 Å². The summed E-state index contributed by atoms with van der Waals surface area (Å²) in [4.78, 5) is 11.7. The SMILES string of the molecule is CC(C)C1(CNC(=O)CNC2CCCC2)CC1. The van der Waals surface area contributed by atoms with Crippen molar-refractivity contribution in [1.82, 2.24) is 10.6 Å². The summed E-state index contributed by atoms with van der Waals surface area (Å²) in [6.45, 7) is 5.89. The van der Waals surface area contributed by atoms with Crippen molar-refractivity contribution >= 4 is 5.91 Å². The van der Waals surface area contributed by atoms with Crippen LogP contribution in [-0.2, 0) is 4.79 Å². The second-order valence-corrected chi connectivity index (χ2v) is 6.16. The summed E-state index contributed by atoms with van der Waals surface area (Å²) in [6, 6.07) is 0.584. The fourth-order valence-corrected chi connectivity index (χ4v) is 2.82. The van der Waals surface area contributed by atoms with E-state index < -0.39 is 0 Å². The van der Waals surface area contributed by atoms with Crippen molar-refractivity contribution in [2.24, 2.45) is 11.3 Å². The normalized spacial score (nSPS) is 23.0. The number of hydrogen-bond donors (Lipinski definition) is 2. The molecule has 0 aromatic rings. The summed E-state index contributed by atoms with van der Waals surface area (Å²) in [5.74, 6) is 0.856. The van der Waals surface area contributed by atoms with Crippen molar-refractivity contribution in [3.63, 3.8) is 0 Å². The minimum Gasteiger partial charge on any atom is -0.354 e. The van der Waals surface area contributed by atoms with Crippen LogP contribution in [0.4, 0.5) is 0 Å². The van der Waals surface area contributed by atoms with Crippen LogP contribution in [0, 0.1) is 11.3 Å². The van der Waals surface area contributed by atoms with Crippen molar-refractivity contribution < 1.29 is 4.79 Å². The fraction of sp³-hybridized carbons (Fsp3) is 0.929. The summed E-state index contributed by atoms with van der Waals surface area (Å²) in [5.41, 5.74) is 0.420. The molecule has 3 nitrogen and oxygen atoms in total. The number of rotatable bonds is 6. The van der Waals surface area contributed by atoms with Crippen LogP contribution in [0.15, 0.2) is 0 Å². The molecule has 0 aliphatic heterocycles. The van der Waals surface area contributed by atoms with Crippen molar-refractivity contribution in [3.05, 3.63) is 0 Å². The van der Waals surface area contributed by atoms with Gasteiger partial charge in [-0.2, -0.15) is 0 Å². The third-order valence-electron chi connectivity index (χ3n) is 4.66. The Balaban J connectivity index is 1.61. The molecule has 0 aromatic carbocycles. The second kappa shape index (κ2) is 5.38. The van der Waals surface area contributed by atoms with E-state index in [4.69, 9.17) is 0 Å². The van der Waals surface area contributed by atoms with Gasteiger partial charge in [-0.05, 0) is 37.0 Å². The Morgan fingerprint density at radius 3 is 2.47 bits per heavy atom. The highest BCUT2D eigenvalue weighted by Crippen LogP contribution is 2.51. The predicted molar refractivity (Wildman–Crippen MR) is 69.8 cm³/mol. The molecule has 0 aromatic heterocycles. The molecule has 2 N–H and O–H groups in total. The van der Waals surface area contributed by atoms with Gasteiger partial charge in [-0.25, -0.2) is 0 Å². The molecule has 2 saturated carbocycles. The molecule has 0 bridgehead atoms. The van der Waals surface area contributed by atoms with Gasteiger partial charge in [0.25, 0.3) is 0 Å². The molecule has 1 amide bonds. The largest absolute Gasteiger partial charge is 0.354 e. The predicted octanol–water partition coefficient (Wildman–Crippen LogP) is 2.07. The molecule has 0 unspecified atom stereocenters. The van der Waals surface area contributed by atoms with Crippen LogP contribution in [0.3, 0.4) is 0 Å². The van der Waals surface area contributed by atoms with Gasteiger partial charge in [-0.3, -0.25) is 4.79 Å². The zero-order valence-corrected chi connectivity index (χ0v) is 11.2. The van der Waals surface area contributed by atoms with Crippen LogP contribution in [0.25, 0.3) is 0 Å². The lowest BCUT2D eigenvalue weighted by molar-refractivity contribution is -0.120. The minimum absolute atomic E-state index is 0.170. The van der Waals surface area contributed by atoms with Crippen LogP contribution in [0.1, 0.15) is 52.4 Å². The molecule has 0 spiro atoms. The lowest BCUT2D eigenvalue weighted by Crippen LogP contribution is -2.40. The van der Waals surface area contributed by atoms with Gasteiger partial charge in [0.05, 0.1) is 6.54 Å². The van der Waals surface area contributed by atoms with E-state index in [0.29, 0.717) is 23.9 Å². The average Bonchev–Trinajstić information content (AvgIpc) is 2.93. The van der Waals surface area contributed by atoms with Crippen molar-refractivity contribution in [1.29, 1.82) is 0 Å². The quantitative estimate of drug-likeness (QED) is 0.744. The monoisotopic (exact) mass is 238 g/mol. The number of amides is 1. The van der Waals surface area contributed by atoms with Crippen LogP contribution >= 0.6 is 0 Å². The van der Waals surface area contributed by atoms with E-state index in [0.717, 1.165) is 6.54 Å². The van der Waals surface area contributed by atoms with Gasteiger partial charge in [0.1, 0.15) is 0 Å². The standard InChI is InChI=1S/C14H26N2O/c1-11(2)14(7-8-14)10-16-13(17)9-15-12-5-3-4-6-12/h11-12,15H,3-10H2,1-2H3,(H,16,17). The Morgan fingerprint density at radius 1 is 1.29 bits per heavy atom. The minimum atomic E-state index is 0.170. The molecule has 0 radical (unpaired) electrons. The summed E-state index contributed by atoms with van der Waals surface area (Å²) < 4.78 is 0. The molecular formula is C14H26N2O. The molecule has 0 saturated heterocycles. The van der Waals surface area contributed by atoms with Crippen molar-refractivity contribution in [2.45, 2.75) is 58.4 Å². The van der Waals surface area contributed by atoms with Gasteiger partial charge in [-0.1, -0.05) is 26.7 Å². The maximum atomic E-state index is 11.7. The van der Waals surface area contributed by atoms with Crippen LogP contribution < -0.4 is 10.6 Å². The number of nitrogens with one attached hydrogen (secondary N) is 2. The van der Waals surface area contributed by atoms with Crippen LogP contribution in [0.2, 0.25) is 0 Å². The molecular weight excluding hydrogens is 212 g/mol. The van der Waals surface area contributed by atoms with E-state index in [-0.39, 0.29) is 5.91 Å². The van der Waals surface area contributed by atoms with Gasteiger partial charge in [0.15, 0.2) is 0 Å². The van der Waals surface area contributed by atoms with E-state index in [1.54, 1.807) is 0 Å². The number of hydrogen-bond acceptors (Lipinski definition) is 2. The van der Waals surface area contributed by atoms with E-state index in [2.05, 4.69) is 24.5 Å². The average molecular weight is 238 g/mol. The molecule has 0 atom stereocenters. The van der Waals surface area contributed by atoms with Crippen molar-refractivity contribution in [2.75, 3.05) is 13.1 Å². The van der Waals surface area contributed by atoms with Gasteiger partial charge in [0, 0.05) is 12.6 Å². The van der Waals surface area contributed by atoms with Crippen LogP contribution in [-0.4, -0.2) is 25.0 Å². The van der Waals surface area contributed by atoms with Gasteiger partial charge < -0.3 is 10.6 Å². The molecule has 2 rings (SSSR count). The van der Waals surface area contributed by atoms with E-state index in [9.17, 15) is 4.79 Å². The summed E-state index contributed by atoms with van der Waals surface area (Å²) in [5, 5.41) is 6.44. The number of carbonyl (C=O) groups is 1. The molecule has 0 heterocycles.